The molecule has 0 atom stereocenters. The molecule has 0 spiro atoms. The molecular weight excluding hydrogens is 363 g/mol. The average Bonchev–Trinajstić information content (AvgIpc) is 3.28. The van der Waals surface area contributed by atoms with Crippen LogP contribution in [0.3, 0.4) is 0 Å². The Morgan fingerprint density at radius 1 is 1.27 bits per heavy atom. The van der Waals surface area contributed by atoms with Gasteiger partial charge in [-0.2, -0.15) is 18.3 Å². The van der Waals surface area contributed by atoms with Crippen molar-refractivity contribution >= 4 is 22.8 Å². The zero-order valence-electron chi connectivity index (χ0n) is 14.6. The molecule has 0 aliphatic heterocycles. The van der Waals surface area contributed by atoms with Gasteiger partial charge in [-0.1, -0.05) is 6.92 Å². The third-order valence-electron chi connectivity index (χ3n) is 4.57. The van der Waals surface area contributed by atoms with Crippen molar-refractivity contribution in [2.45, 2.75) is 36.8 Å². The minimum absolute atomic E-state index is 0.274. The smallest absolute Gasteiger partial charge is 0.324 e. The second-order valence-electron chi connectivity index (χ2n) is 6.44. The Kier molecular flexibility index (Phi) is 4.02. The average molecular weight is 381 g/mol. The van der Waals surface area contributed by atoms with Crippen molar-refractivity contribution in [2.24, 2.45) is 14.1 Å². The Morgan fingerprint density at radius 3 is 2.62 bits per heavy atom. The standard InChI is InChI=1S/C17H18F3N5S/c1-4-26-15-13(23-25(3)14(15)9-5-6-9)16-22-10-7-12(17(18,19)20)21-8-11(10)24(16)2/h7-9H,4-6H2,1-3H3. The molecule has 0 saturated heterocycles. The summed E-state index contributed by atoms with van der Waals surface area (Å²) in [6.45, 7) is 2.08. The fourth-order valence-electron chi connectivity index (χ4n) is 3.21. The minimum Gasteiger partial charge on any atom is -0.324 e. The van der Waals surface area contributed by atoms with Gasteiger partial charge < -0.3 is 4.57 Å². The molecule has 1 fully saturated rings. The molecular formula is C17H18F3N5S. The third kappa shape index (κ3) is 2.78. The molecule has 1 aliphatic rings. The first-order valence-corrected chi connectivity index (χ1v) is 9.39. The monoisotopic (exact) mass is 381 g/mol. The Balaban J connectivity index is 1.89. The van der Waals surface area contributed by atoms with E-state index in [-0.39, 0.29) is 5.52 Å². The Morgan fingerprint density at radius 2 is 2.00 bits per heavy atom. The number of fused-ring (bicyclic) bond motifs is 1. The maximum absolute atomic E-state index is 12.9. The van der Waals surface area contributed by atoms with Crippen LogP contribution in [0.15, 0.2) is 17.2 Å². The van der Waals surface area contributed by atoms with E-state index in [0.717, 1.165) is 35.3 Å². The molecule has 5 nitrogen and oxygen atoms in total. The van der Waals surface area contributed by atoms with E-state index in [1.165, 1.54) is 11.9 Å². The molecule has 9 heteroatoms. The van der Waals surface area contributed by atoms with Gasteiger partial charge in [0.05, 0.1) is 27.8 Å². The van der Waals surface area contributed by atoms with E-state index in [2.05, 4.69) is 22.0 Å². The topological polar surface area (TPSA) is 48.5 Å². The lowest BCUT2D eigenvalue weighted by molar-refractivity contribution is -0.141. The SMILES string of the molecule is CCSc1c(-c2nc3cc(C(F)(F)F)ncc3n2C)nn(C)c1C1CC1. The summed E-state index contributed by atoms with van der Waals surface area (Å²) < 4.78 is 42.5. The van der Waals surface area contributed by atoms with Crippen molar-refractivity contribution in [1.82, 2.24) is 24.3 Å². The number of halogens is 3. The number of rotatable bonds is 4. The summed E-state index contributed by atoms with van der Waals surface area (Å²) in [4.78, 5) is 9.10. The third-order valence-corrected chi connectivity index (χ3v) is 5.55. The molecule has 0 amide bonds. The lowest BCUT2D eigenvalue weighted by Crippen LogP contribution is -2.07. The molecule has 0 unspecified atom stereocenters. The van der Waals surface area contributed by atoms with Crippen LogP contribution in [0.4, 0.5) is 13.2 Å². The molecule has 1 aliphatic carbocycles. The highest BCUT2D eigenvalue weighted by Gasteiger charge is 2.34. The highest BCUT2D eigenvalue weighted by molar-refractivity contribution is 7.99. The first kappa shape index (κ1) is 17.4. The molecule has 0 radical (unpaired) electrons. The van der Waals surface area contributed by atoms with Gasteiger partial charge in [-0.15, -0.1) is 11.8 Å². The second-order valence-corrected chi connectivity index (χ2v) is 7.72. The van der Waals surface area contributed by atoms with Crippen LogP contribution in [0.2, 0.25) is 0 Å². The normalized spacial score (nSPS) is 15.2. The highest BCUT2D eigenvalue weighted by atomic mass is 32.2. The lowest BCUT2D eigenvalue weighted by atomic mass is 10.2. The van der Waals surface area contributed by atoms with Crippen molar-refractivity contribution in [3.05, 3.63) is 23.7 Å². The number of hydrogen-bond donors (Lipinski definition) is 0. The van der Waals surface area contributed by atoms with Crippen LogP contribution in [-0.2, 0) is 20.3 Å². The van der Waals surface area contributed by atoms with Crippen molar-refractivity contribution in [1.29, 1.82) is 0 Å². The van der Waals surface area contributed by atoms with Crippen LogP contribution in [0, 0.1) is 0 Å². The van der Waals surface area contributed by atoms with Crippen molar-refractivity contribution in [3.8, 4) is 11.5 Å². The highest BCUT2D eigenvalue weighted by Crippen LogP contribution is 2.47. The quantitative estimate of drug-likeness (QED) is 0.630. The molecule has 1 saturated carbocycles. The van der Waals surface area contributed by atoms with E-state index in [4.69, 9.17) is 0 Å². The van der Waals surface area contributed by atoms with Crippen LogP contribution in [0.5, 0.6) is 0 Å². The molecule has 0 aromatic carbocycles. The number of alkyl halides is 3. The fraction of sp³-hybridized carbons (Fsp3) is 0.471. The van der Waals surface area contributed by atoms with Crippen LogP contribution in [-0.4, -0.2) is 30.1 Å². The number of thioether (sulfide) groups is 1. The Bertz CT molecular complexity index is 985. The summed E-state index contributed by atoms with van der Waals surface area (Å²) in [5.41, 5.74) is 1.83. The summed E-state index contributed by atoms with van der Waals surface area (Å²) in [6.07, 6.45) is -0.958. The summed E-state index contributed by atoms with van der Waals surface area (Å²) in [5.74, 6) is 1.98. The maximum atomic E-state index is 12.9. The van der Waals surface area contributed by atoms with E-state index >= 15 is 0 Å². The number of imidazole rings is 1. The minimum atomic E-state index is -4.49. The van der Waals surface area contributed by atoms with Crippen LogP contribution in [0.1, 0.15) is 37.1 Å². The Hall–Kier alpha value is -2.03. The number of nitrogens with zero attached hydrogens (tertiary/aromatic N) is 5. The van der Waals surface area contributed by atoms with Gasteiger partial charge in [-0.05, 0) is 24.7 Å². The van der Waals surface area contributed by atoms with Gasteiger partial charge >= 0.3 is 6.18 Å². The number of pyridine rings is 1. The summed E-state index contributed by atoms with van der Waals surface area (Å²) >= 11 is 1.71. The zero-order chi connectivity index (χ0) is 18.6. The Labute approximate surface area is 152 Å². The van der Waals surface area contributed by atoms with E-state index in [0.29, 0.717) is 17.3 Å². The van der Waals surface area contributed by atoms with E-state index in [1.807, 2.05) is 11.7 Å². The molecule has 3 aromatic heterocycles. The predicted molar refractivity (Wildman–Crippen MR) is 94.1 cm³/mol. The molecule has 3 heterocycles. The first-order chi connectivity index (χ1) is 12.3. The predicted octanol–water partition coefficient (Wildman–Crippen LogP) is 4.38. The number of hydrogen-bond acceptors (Lipinski definition) is 4. The molecule has 26 heavy (non-hydrogen) atoms. The van der Waals surface area contributed by atoms with Crippen molar-refractivity contribution < 1.29 is 13.2 Å². The first-order valence-electron chi connectivity index (χ1n) is 8.41. The van der Waals surface area contributed by atoms with Gasteiger partial charge in [0, 0.05) is 20.0 Å². The van der Waals surface area contributed by atoms with Crippen LogP contribution >= 0.6 is 11.8 Å². The molecule has 0 bridgehead atoms. The fourth-order valence-corrected chi connectivity index (χ4v) is 4.22. The van der Waals surface area contributed by atoms with Gasteiger partial charge in [0.25, 0.3) is 0 Å². The largest absolute Gasteiger partial charge is 0.433 e. The number of aromatic nitrogens is 5. The zero-order valence-corrected chi connectivity index (χ0v) is 15.4. The molecule has 138 valence electrons. The van der Waals surface area contributed by atoms with Gasteiger partial charge in [0.2, 0.25) is 0 Å². The summed E-state index contributed by atoms with van der Waals surface area (Å²) in [5, 5.41) is 4.66. The second kappa shape index (κ2) is 6.00. The molecule has 0 N–H and O–H groups in total. The maximum Gasteiger partial charge on any atom is 0.433 e. The van der Waals surface area contributed by atoms with Gasteiger partial charge in [-0.25, -0.2) is 9.97 Å². The molecule has 4 rings (SSSR count). The summed E-state index contributed by atoms with van der Waals surface area (Å²) in [7, 11) is 3.70. The van der Waals surface area contributed by atoms with Gasteiger partial charge in [0.1, 0.15) is 11.4 Å². The van der Waals surface area contributed by atoms with Gasteiger partial charge in [0.15, 0.2) is 5.82 Å². The van der Waals surface area contributed by atoms with E-state index < -0.39 is 11.9 Å². The van der Waals surface area contributed by atoms with E-state index in [1.54, 1.807) is 23.4 Å². The van der Waals surface area contributed by atoms with Crippen LogP contribution in [0.25, 0.3) is 22.6 Å². The van der Waals surface area contributed by atoms with Crippen molar-refractivity contribution in [3.63, 3.8) is 0 Å². The number of aryl methyl sites for hydroxylation is 2. The van der Waals surface area contributed by atoms with Gasteiger partial charge in [-0.3, -0.25) is 4.68 Å². The molecule has 3 aromatic rings. The summed E-state index contributed by atoms with van der Waals surface area (Å²) in [6, 6.07) is 0.996. The lowest BCUT2D eigenvalue weighted by Gasteiger charge is -2.05. The van der Waals surface area contributed by atoms with Crippen LogP contribution < -0.4 is 0 Å². The van der Waals surface area contributed by atoms with E-state index in [9.17, 15) is 13.2 Å². The van der Waals surface area contributed by atoms with Crippen molar-refractivity contribution in [2.75, 3.05) is 5.75 Å².